The highest BCUT2D eigenvalue weighted by Gasteiger charge is 2.42. The fraction of sp³-hybridized carbons (Fsp3) is 0.474. The summed E-state index contributed by atoms with van der Waals surface area (Å²) >= 11 is 0. The number of nitro groups is 1. The van der Waals surface area contributed by atoms with E-state index in [1.807, 2.05) is 30.3 Å². The normalized spacial score (nSPS) is 24.5. The summed E-state index contributed by atoms with van der Waals surface area (Å²) in [4.78, 5) is 38.6. The minimum atomic E-state index is -0.921. The van der Waals surface area contributed by atoms with Gasteiger partial charge in [0, 0.05) is 32.1 Å². The maximum atomic E-state index is 13.2. The first-order chi connectivity index (χ1) is 14.4. The van der Waals surface area contributed by atoms with Crippen LogP contribution in [0.2, 0.25) is 0 Å². The molecule has 4 N–H and O–H groups in total. The fourth-order valence-corrected chi connectivity index (χ4v) is 4.29. The molecule has 2 aliphatic rings. The summed E-state index contributed by atoms with van der Waals surface area (Å²) in [6, 6.07) is 9.93. The van der Waals surface area contributed by atoms with Crippen molar-refractivity contribution in [3.05, 3.63) is 58.0 Å². The Morgan fingerprint density at radius 3 is 2.37 bits per heavy atom. The van der Waals surface area contributed by atoms with Crippen LogP contribution in [0.4, 0.5) is 0 Å². The molecule has 2 saturated heterocycles. The molecule has 11 heteroatoms. The van der Waals surface area contributed by atoms with Gasteiger partial charge in [0.25, 0.3) is 6.20 Å². The number of nitrogens with one attached hydrogen (secondary N) is 2. The first kappa shape index (κ1) is 21.5. The molecular weight excluding hydrogens is 394 g/mol. The first-order valence-electron chi connectivity index (χ1n) is 9.72. The van der Waals surface area contributed by atoms with Crippen molar-refractivity contribution >= 4 is 11.8 Å². The van der Waals surface area contributed by atoms with E-state index in [9.17, 15) is 24.9 Å². The van der Waals surface area contributed by atoms with Crippen LogP contribution in [0.25, 0.3) is 0 Å². The van der Waals surface area contributed by atoms with Crippen molar-refractivity contribution in [1.29, 1.82) is 0 Å². The average molecular weight is 419 g/mol. The van der Waals surface area contributed by atoms with Crippen molar-refractivity contribution in [2.45, 2.75) is 18.8 Å². The molecule has 3 atom stereocenters. The SMILES string of the molecule is O=C(NO)[C@H]1CN(C(=C[N+](=O)[O-])NO)CC[C@@H]1C(=O)N1CC[C@H](c2ccccc2)C1. The van der Waals surface area contributed by atoms with Crippen molar-refractivity contribution in [2.75, 3.05) is 26.2 Å². The van der Waals surface area contributed by atoms with E-state index in [1.165, 1.54) is 4.90 Å². The van der Waals surface area contributed by atoms with E-state index in [0.29, 0.717) is 19.3 Å². The Bertz CT molecular complexity index is 817. The third-order valence-corrected chi connectivity index (χ3v) is 5.83. The van der Waals surface area contributed by atoms with Crippen molar-refractivity contribution < 1.29 is 24.9 Å². The molecule has 1 aromatic carbocycles. The highest BCUT2D eigenvalue weighted by atomic mass is 16.6. The summed E-state index contributed by atoms with van der Waals surface area (Å²) in [5.41, 5.74) is 4.51. The molecule has 162 valence electrons. The van der Waals surface area contributed by atoms with Gasteiger partial charge in [0.1, 0.15) is 0 Å². The Labute approximate surface area is 173 Å². The predicted octanol–water partition coefficient (Wildman–Crippen LogP) is 0.500. The maximum Gasteiger partial charge on any atom is 0.276 e. The van der Waals surface area contributed by atoms with Crippen molar-refractivity contribution in [1.82, 2.24) is 20.8 Å². The topological polar surface area (TPSA) is 148 Å². The Balaban J connectivity index is 1.72. The number of amides is 2. The standard InChI is InChI=1S/C19H25N5O6/c25-18(21-28)16-11-22(17(20-27)12-24(29)30)9-7-15(16)19(26)23-8-6-14(10-23)13-4-2-1-3-5-13/h1-5,12,14-16,20,27-28H,6-11H2,(H,21,25)/t14-,15-,16-/m0/s1. The van der Waals surface area contributed by atoms with E-state index in [-0.39, 0.29) is 37.2 Å². The van der Waals surface area contributed by atoms with Gasteiger partial charge in [-0.3, -0.25) is 30.1 Å². The molecule has 3 rings (SSSR count). The van der Waals surface area contributed by atoms with Crippen LogP contribution in [0.15, 0.2) is 42.4 Å². The maximum absolute atomic E-state index is 13.2. The highest BCUT2D eigenvalue weighted by Crippen LogP contribution is 2.32. The van der Waals surface area contributed by atoms with Gasteiger partial charge in [-0.05, 0) is 18.4 Å². The molecule has 2 amide bonds. The Kier molecular flexibility index (Phi) is 6.85. The Morgan fingerprint density at radius 2 is 1.73 bits per heavy atom. The third-order valence-electron chi connectivity index (χ3n) is 5.83. The van der Waals surface area contributed by atoms with Gasteiger partial charge in [-0.25, -0.2) is 11.0 Å². The van der Waals surface area contributed by atoms with E-state index in [0.717, 1.165) is 12.0 Å². The Hall–Kier alpha value is -3.18. The quantitative estimate of drug-likeness (QED) is 0.296. The molecule has 0 radical (unpaired) electrons. The number of hydrogen-bond acceptors (Lipinski definition) is 8. The number of rotatable bonds is 6. The van der Waals surface area contributed by atoms with Crippen LogP contribution >= 0.6 is 0 Å². The number of nitrogens with zero attached hydrogens (tertiary/aromatic N) is 3. The van der Waals surface area contributed by atoms with Crippen LogP contribution in [0, 0.1) is 22.0 Å². The second-order valence-electron chi connectivity index (χ2n) is 7.52. The van der Waals surface area contributed by atoms with Gasteiger partial charge >= 0.3 is 0 Å². The van der Waals surface area contributed by atoms with Crippen LogP contribution in [-0.2, 0) is 9.59 Å². The summed E-state index contributed by atoms with van der Waals surface area (Å²) in [5, 5.41) is 29.1. The summed E-state index contributed by atoms with van der Waals surface area (Å²) in [7, 11) is 0. The molecule has 0 spiro atoms. The van der Waals surface area contributed by atoms with E-state index in [1.54, 1.807) is 15.9 Å². The summed E-state index contributed by atoms with van der Waals surface area (Å²) < 4.78 is 0. The largest absolute Gasteiger partial charge is 0.351 e. The minimum absolute atomic E-state index is 0.0635. The molecule has 2 aliphatic heterocycles. The molecule has 0 aliphatic carbocycles. The van der Waals surface area contributed by atoms with Gasteiger partial charge in [0.2, 0.25) is 11.8 Å². The predicted molar refractivity (Wildman–Crippen MR) is 103 cm³/mol. The summed E-state index contributed by atoms with van der Waals surface area (Å²) in [6.45, 7) is 1.30. The van der Waals surface area contributed by atoms with Crippen molar-refractivity contribution in [2.24, 2.45) is 11.8 Å². The number of piperidine rings is 1. The molecule has 2 heterocycles. The summed E-state index contributed by atoms with van der Waals surface area (Å²) in [5.74, 6) is -2.46. The highest BCUT2D eigenvalue weighted by molar-refractivity contribution is 5.88. The smallest absolute Gasteiger partial charge is 0.276 e. The monoisotopic (exact) mass is 419 g/mol. The van der Waals surface area contributed by atoms with Gasteiger partial charge in [-0.2, -0.15) is 0 Å². The van der Waals surface area contributed by atoms with Crippen molar-refractivity contribution in [3.63, 3.8) is 0 Å². The molecule has 0 unspecified atom stereocenters. The molecule has 11 nitrogen and oxygen atoms in total. The lowest BCUT2D eigenvalue weighted by atomic mass is 9.83. The first-order valence-corrected chi connectivity index (χ1v) is 9.72. The zero-order chi connectivity index (χ0) is 21.7. The lowest BCUT2D eigenvalue weighted by molar-refractivity contribution is -0.405. The molecule has 0 aromatic heterocycles. The average Bonchev–Trinajstić information content (AvgIpc) is 3.27. The van der Waals surface area contributed by atoms with E-state index >= 15 is 0 Å². The minimum Gasteiger partial charge on any atom is -0.351 e. The second kappa shape index (κ2) is 9.55. The zero-order valence-corrected chi connectivity index (χ0v) is 16.3. The van der Waals surface area contributed by atoms with Gasteiger partial charge in [-0.15, -0.1) is 0 Å². The fourth-order valence-electron chi connectivity index (χ4n) is 4.29. The number of hydrogen-bond donors (Lipinski definition) is 4. The lowest BCUT2D eigenvalue weighted by Crippen LogP contribution is -2.52. The molecule has 1 aromatic rings. The Morgan fingerprint density at radius 1 is 1.03 bits per heavy atom. The lowest BCUT2D eigenvalue weighted by Gasteiger charge is -2.38. The number of carbonyl (C=O) groups is 2. The second-order valence-corrected chi connectivity index (χ2v) is 7.52. The molecule has 0 bridgehead atoms. The van der Waals surface area contributed by atoms with Gasteiger partial charge in [0.15, 0.2) is 5.82 Å². The summed E-state index contributed by atoms with van der Waals surface area (Å²) in [6.07, 6.45) is 1.66. The van der Waals surface area contributed by atoms with Crippen molar-refractivity contribution in [3.8, 4) is 0 Å². The van der Waals surface area contributed by atoms with Crippen LogP contribution < -0.4 is 11.0 Å². The third kappa shape index (κ3) is 4.69. The van der Waals surface area contributed by atoms with E-state index in [4.69, 9.17) is 5.21 Å². The molecule has 2 fully saturated rings. The number of likely N-dealkylation sites (tertiary alicyclic amines) is 2. The van der Waals surface area contributed by atoms with E-state index in [2.05, 4.69) is 0 Å². The van der Waals surface area contributed by atoms with Crippen LogP contribution in [0.5, 0.6) is 0 Å². The van der Waals surface area contributed by atoms with E-state index < -0.39 is 22.7 Å². The molecule has 0 saturated carbocycles. The van der Waals surface area contributed by atoms with Crippen LogP contribution in [-0.4, -0.2) is 63.1 Å². The number of hydroxylamine groups is 2. The number of carbonyl (C=O) groups excluding carboxylic acids is 2. The van der Waals surface area contributed by atoms with Crippen LogP contribution in [0.3, 0.4) is 0 Å². The molecular formula is C19H25N5O6. The van der Waals surface area contributed by atoms with Gasteiger partial charge in [0.05, 0.1) is 16.8 Å². The van der Waals surface area contributed by atoms with Gasteiger partial charge in [-0.1, -0.05) is 30.3 Å². The number of benzene rings is 1. The van der Waals surface area contributed by atoms with Gasteiger partial charge < -0.3 is 9.80 Å². The molecule has 30 heavy (non-hydrogen) atoms. The zero-order valence-electron chi connectivity index (χ0n) is 16.3. The van der Waals surface area contributed by atoms with Crippen LogP contribution in [0.1, 0.15) is 24.3 Å².